The van der Waals surface area contributed by atoms with Gasteiger partial charge in [-0.3, -0.25) is 0 Å². The molecule has 0 bridgehead atoms. The van der Waals surface area contributed by atoms with Crippen LogP contribution in [0.15, 0.2) is 6.07 Å². The van der Waals surface area contributed by atoms with E-state index < -0.39 is 0 Å². The number of fused-ring (bicyclic) bond motifs is 1. The van der Waals surface area contributed by atoms with Crippen molar-refractivity contribution < 1.29 is 0 Å². The molecule has 0 atom stereocenters. The van der Waals surface area contributed by atoms with Crippen molar-refractivity contribution in [2.24, 2.45) is 7.05 Å². The minimum Gasteiger partial charge on any atom is -0.381 e. The minimum atomic E-state index is 0.0847. The number of nitrogens with two attached hydrogens (primary N) is 1. The molecule has 2 N–H and O–H groups in total. The molecule has 0 aliphatic heterocycles. The number of nitrogen functional groups attached to an aromatic ring is 1. The Morgan fingerprint density at radius 1 is 1.35 bits per heavy atom. The predicted octanol–water partition coefficient (Wildman–Crippen LogP) is 0.620. The van der Waals surface area contributed by atoms with E-state index >= 15 is 0 Å². The predicted molar refractivity (Wildman–Crippen MR) is 72.0 cm³/mol. The average molecular weight is 268 g/mol. The summed E-state index contributed by atoms with van der Waals surface area (Å²) < 4.78 is 3.03. The van der Waals surface area contributed by atoms with Crippen molar-refractivity contribution in [3.8, 4) is 11.9 Å². The average Bonchev–Trinajstić information content (AvgIpc) is 2.91. The molecule has 0 saturated carbocycles. The van der Waals surface area contributed by atoms with Gasteiger partial charge in [-0.25, -0.2) is 9.67 Å². The maximum absolute atomic E-state index is 8.90. The summed E-state index contributed by atoms with van der Waals surface area (Å²) >= 11 is 0. The summed E-state index contributed by atoms with van der Waals surface area (Å²) in [6, 6.07) is 3.86. The first-order chi connectivity index (χ1) is 9.52. The van der Waals surface area contributed by atoms with Crippen LogP contribution in [-0.2, 0) is 7.05 Å². The van der Waals surface area contributed by atoms with Crippen LogP contribution in [0, 0.1) is 25.2 Å². The number of pyridine rings is 1. The van der Waals surface area contributed by atoms with E-state index in [-0.39, 0.29) is 11.5 Å². The van der Waals surface area contributed by atoms with Crippen molar-refractivity contribution in [1.82, 2.24) is 29.8 Å². The lowest BCUT2D eigenvalue weighted by Crippen LogP contribution is -2.04. The summed E-state index contributed by atoms with van der Waals surface area (Å²) in [4.78, 5) is 4.47. The molecule has 0 aromatic carbocycles. The molecule has 0 aliphatic carbocycles. The Morgan fingerprint density at radius 3 is 2.75 bits per heavy atom. The monoisotopic (exact) mass is 268 g/mol. The Labute approximate surface area is 114 Å². The third-order valence-electron chi connectivity index (χ3n) is 3.11. The van der Waals surface area contributed by atoms with Crippen LogP contribution < -0.4 is 5.73 Å². The number of nitrogens with zero attached hydrogens (tertiary/aromatic N) is 7. The maximum atomic E-state index is 8.90. The molecule has 0 amide bonds. The second kappa shape index (κ2) is 4.03. The van der Waals surface area contributed by atoms with Gasteiger partial charge in [-0.05, 0) is 25.5 Å². The van der Waals surface area contributed by atoms with Crippen molar-refractivity contribution >= 4 is 16.9 Å². The maximum Gasteiger partial charge on any atom is 0.206 e. The van der Waals surface area contributed by atoms with Gasteiger partial charge in [-0.2, -0.15) is 15.0 Å². The van der Waals surface area contributed by atoms with Crippen LogP contribution >= 0.6 is 0 Å². The SMILES string of the molecule is Cc1cc(C)c2c(-n3nnc(C#N)c3N)nn(C)c2n1. The van der Waals surface area contributed by atoms with Gasteiger partial charge in [0, 0.05) is 12.7 Å². The van der Waals surface area contributed by atoms with Gasteiger partial charge in [0.25, 0.3) is 0 Å². The second-order valence-corrected chi connectivity index (χ2v) is 4.57. The van der Waals surface area contributed by atoms with Crippen molar-refractivity contribution in [1.29, 1.82) is 5.26 Å². The van der Waals surface area contributed by atoms with E-state index in [1.54, 1.807) is 11.7 Å². The van der Waals surface area contributed by atoms with Crippen molar-refractivity contribution in [2.45, 2.75) is 13.8 Å². The van der Waals surface area contributed by atoms with Crippen molar-refractivity contribution in [3.05, 3.63) is 23.0 Å². The number of rotatable bonds is 1. The summed E-state index contributed by atoms with van der Waals surface area (Å²) in [6.45, 7) is 3.90. The van der Waals surface area contributed by atoms with Crippen LogP contribution in [0.1, 0.15) is 17.0 Å². The number of aromatic nitrogens is 6. The summed E-state index contributed by atoms with van der Waals surface area (Å²) in [5.41, 5.74) is 8.63. The normalized spacial score (nSPS) is 10.9. The Kier molecular flexibility index (Phi) is 2.44. The first kappa shape index (κ1) is 12.1. The minimum absolute atomic E-state index is 0.0847. The van der Waals surface area contributed by atoms with Crippen LogP contribution in [0.5, 0.6) is 0 Å². The summed E-state index contributed by atoms with van der Waals surface area (Å²) in [5.74, 6) is 0.700. The third kappa shape index (κ3) is 1.53. The Morgan fingerprint density at radius 2 is 2.10 bits per heavy atom. The van der Waals surface area contributed by atoms with E-state index in [1.807, 2.05) is 26.0 Å². The number of hydrogen-bond donors (Lipinski definition) is 1. The lowest BCUT2D eigenvalue weighted by Gasteiger charge is -2.02. The zero-order valence-electron chi connectivity index (χ0n) is 11.3. The van der Waals surface area contributed by atoms with Gasteiger partial charge in [0.1, 0.15) is 6.07 Å². The molecule has 0 fully saturated rings. The van der Waals surface area contributed by atoms with Gasteiger partial charge in [0.2, 0.25) is 5.69 Å². The molecule has 3 aromatic heterocycles. The van der Waals surface area contributed by atoms with E-state index in [9.17, 15) is 0 Å². The van der Waals surface area contributed by atoms with Crippen LogP contribution in [0.4, 0.5) is 5.82 Å². The zero-order chi connectivity index (χ0) is 14.4. The molecule has 0 unspecified atom stereocenters. The van der Waals surface area contributed by atoms with Gasteiger partial charge in [0.05, 0.1) is 5.39 Å². The molecule has 3 aromatic rings. The van der Waals surface area contributed by atoms with E-state index in [0.29, 0.717) is 5.82 Å². The summed E-state index contributed by atoms with van der Waals surface area (Å²) in [7, 11) is 1.80. The fourth-order valence-electron chi connectivity index (χ4n) is 2.24. The topological polar surface area (TPSA) is 111 Å². The molecule has 3 heterocycles. The standard InChI is InChI=1S/C12H12N8/c1-6-4-7(2)15-11-9(6)12(17-19(11)3)20-10(14)8(5-13)16-18-20/h4H,14H2,1-3H3. The van der Waals surface area contributed by atoms with Crippen LogP contribution in [-0.4, -0.2) is 29.8 Å². The first-order valence-corrected chi connectivity index (χ1v) is 5.95. The molecule has 0 radical (unpaired) electrons. The van der Waals surface area contributed by atoms with Crippen LogP contribution in [0.25, 0.3) is 16.9 Å². The van der Waals surface area contributed by atoms with E-state index in [1.165, 1.54) is 4.68 Å². The van der Waals surface area contributed by atoms with Gasteiger partial charge in [-0.1, -0.05) is 5.21 Å². The highest BCUT2D eigenvalue weighted by molar-refractivity contribution is 5.87. The van der Waals surface area contributed by atoms with Crippen molar-refractivity contribution in [2.75, 3.05) is 5.73 Å². The largest absolute Gasteiger partial charge is 0.381 e. The van der Waals surface area contributed by atoms with E-state index in [4.69, 9.17) is 11.0 Å². The Balaban J connectivity index is 2.38. The number of hydrogen-bond acceptors (Lipinski definition) is 6. The van der Waals surface area contributed by atoms with Crippen LogP contribution in [0.2, 0.25) is 0 Å². The van der Waals surface area contributed by atoms with E-state index in [2.05, 4.69) is 20.4 Å². The lowest BCUT2D eigenvalue weighted by atomic mass is 10.2. The fourth-order valence-corrected chi connectivity index (χ4v) is 2.24. The molecule has 20 heavy (non-hydrogen) atoms. The molecular formula is C12H12N8. The van der Waals surface area contributed by atoms with Crippen LogP contribution in [0.3, 0.4) is 0 Å². The third-order valence-corrected chi connectivity index (χ3v) is 3.11. The fraction of sp³-hybridized carbons (Fsp3) is 0.250. The number of anilines is 1. The molecule has 0 saturated heterocycles. The van der Waals surface area contributed by atoms with Gasteiger partial charge >= 0.3 is 0 Å². The molecule has 3 rings (SSSR count). The molecule has 100 valence electrons. The smallest absolute Gasteiger partial charge is 0.206 e. The molecule has 8 heteroatoms. The van der Waals surface area contributed by atoms with Gasteiger partial charge in [-0.15, -0.1) is 5.10 Å². The van der Waals surface area contributed by atoms with E-state index in [0.717, 1.165) is 22.3 Å². The highest BCUT2D eigenvalue weighted by Gasteiger charge is 2.19. The Bertz CT molecular complexity index is 864. The second-order valence-electron chi connectivity index (χ2n) is 4.57. The number of aryl methyl sites for hydroxylation is 3. The molecule has 0 aliphatic rings. The summed E-state index contributed by atoms with van der Waals surface area (Å²) in [5, 5.41) is 21.8. The Hall–Kier alpha value is -2.95. The zero-order valence-corrected chi connectivity index (χ0v) is 11.3. The lowest BCUT2D eigenvalue weighted by molar-refractivity contribution is 0.727. The first-order valence-electron chi connectivity index (χ1n) is 5.95. The highest BCUT2D eigenvalue weighted by atomic mass is 15.5. The number of nitriles is 1. The highest BCUT2D eigenvalue weighted by Crippen LogP contribution is 2.25. The summed E-state index contributed by atoms with van der Waals surface area (Å²) in [6.07, 6.45) is 0. The molecule has 0 spiro atoms. The quantitative estimate of drug-likeness (QED) is 0.692. The molecule has 8 nitrogen and oxygen atoms in total. The molecular weight excluding hydrogens is 256 g/mol. The van der Waals surface area contributed by atoms with Gasteiger partial charge in [0.15, 0.2) is 17.3 Å². The van der Waals surface area contributed by atoms with Gasteiger partial charge < -0.3 is 5.73 Å². The van der Waals surface area contributed by atoms with Crippen molar-refractivity contribution in [3.63, 3.8) is 0 Å².